The Bertz CT molecular complexity index is 2620. The van der Waals surface area contributed by atoms with Crippen LogP contribution in [0.3, 0.4) is 0 Å². The lowest BCUT2D eigenvalue weighted by Crippen LogP contribution is -2.20. The third kappa shape index (κ3) is 3.58. The van der Waals surface area contributed by atoms with E-state index >= 15 is 0 Å². The fourth-order valence-electron chi connectivity index (χ4n) is 6.68. The smallest absolute Gasteiger partial charge is 0.263 e. The van der Waals surface area contributed by atoms with E-state index in [1.165, 1.54) is 11.1 Å². The Hall–Kier alpha value is -6.00. The molecule has 0 spiro atoms. The summed E-state index contributed by atoms with van der Waals surface area (Å²) in [5, 5.41) is 3.58. The van der Waals surface area contributed by atoms with Gasteiger partial charge >= 0.3 is 0 Å². The van der Waals surface area contributed by atoms with Gasteiger partial charge in [-0.15, -0.1) is 0 Å². The molecular formula is C40H25N3O. The minimum Gasteiger partial charge on any atom is -0.289 e. The van der Waals surface area contributed by atoms with Crippen molar-refractivity contribution in [2.75, 3.05) is 0 Å². The third-order valence-electron chi connectivity index (χ3n) is 8.68. The molecule has 0 atom stereocenters. The number of para-hydroxylation sites is 1. The summed E-state index contributed by atoms with van der Waals surface area (Å²) >= 11 is 0. The fourth-order valence-corrected chi connectivity index (χ4v) is 6.68. The molecule has 0 aliphatic carbocycles. The monoisotopic (exact) mass is 563 g/mol. The first kappa shape index (κ1) is 24.6. The normalized spacial score (nSPS) is 11.7. The van der Waals surface area contributed by atoms with Crippen molar-refractivity contribution >= 4 is 49.3 Å². The summed E-state index contributed by atoms with van der Waals surface area (Å²) < 4.78 is 4.14. The maximum absolute atomic E-state index is 14.3. The van der Waals surface area contributed by atoms with Crippen LogP contribution < -0.4 is 5.56 Å². The molecule has 4 nitrogen and oxygen atoms in total. The van der Waals surface area contributed by atoms with E-state index in [2.05, 4.69) is 89.3 Å². The van der Waals surface area contributed by atoms with Gasteiger partial charge < -0.3 is 0 Å². The second kappa shape index (κ2) is 9.51. The topological polar surface area (TPSA) is 39.3 Å². The number of imidazole rings is 1. The van der Waals surface area contributed by atoms with Gasteiger partial charge in [0.15, 0.2) is 0 Å². The molecule has 0 fully saturated rings. The Morgan fingerprint density at radius 1 is 0.455 bits per heavy atom. The molecule has 0 aliphatic rings. The lowest BCUT2D eigenvalue weighted by Gasteiger charge is -2.17. The highest BCUT2D eigenvalue weighted by Crippen LogP contribution is 2.37. The minimum absolute atomic E-state index is 0.0355. The Labute approximate surface area is 252 Å². The molecule has 44 heavy (non-hydrogen) atoms. The highest BCUT2D eigenvalue weighted by molar-refractivity contribution is 6.19. The van der Waals surface area contributed by atoms with Gasteiger partial charge in [0.05, 0.1) is 22.1 Å². The lowest BCUT2D eigenvalue weighted by atomic mass is 9.99. The van der Waals surface area contributed by atoms with Crippen LogP contribution in [0, 0.1) is 0 Å². The summed E-state index contributed by atoms with van der Waals surface area (Å²) in [6.45, 7) is 0. The van der Waals surface area contributed by atoms with E-state index < -0.39 is 0 Å². The average molecular weight is 564 g/mol. The molecule has 206 valence electrons. The first-order valence-electron chi connectivity index (χ1n) is 14.8. The van der Waals surface area contributed by atoms with E-state index in [-0.39, 0.29) is 5.56 Å². The molecule has 4 heteroatoms. The van der Waals surface area contributed by atoms with Crippen molar-refractivity contribution in [2.24, 2.45) is 0 Å². The van der Waals surface area contributed by atoms with E-state index in [4.69, 9.17) is 4.98 Å². The molecule has 0 aliphatic heterocycles. The zero-order chi connectivity index (χ0) is 29.2. The zero-order valence-electron chi connectivity index (χ0n) is 23.7. The van der Waals surface area contributed by atoms with Crippen molar-refractivity contribution in [1.29, 1.82) is 0 Å². The summed E-state index contributed by atoms with van der Waals surface area (Å²) in [6, 6.07) is 51.8. The van der Waals surface area contributed by atoms with Crippen LogP contribution in [0.4, 0.5) is 0 Å². The predicted molar refractivity (Wildman–Crippen MR) is 182 cm³/mol. The van der Waals surface area contributed by atoms with Crippen LogP contribution >= 0.6 is 0 Å². The van der Waals surface area contributed by atoms with Gasteiger partial charge in [0.1, 0.15) is 5.65 Å². The lowest BCUT2D eigenvalue weighted by molar-refractivity contribution is 1.06. The maximum Gasteiger partial charge on any atom is 0.263 e. The number of pyridine rings is 2. The summed E-state index contributed by atoms with van der Waals surface area (Å²) in [7, 11) is 0. The molecule has 3 heterocycles. The van der Waals surface area contributed by atoms with E-state index in [1.807, 2.05) is 71.3 Å². The van der Waals surface area contributed by atoms with Crippen molar-refractivity contribution in [1.82, 2.24) is 14.0 Å². The van der Waals surface area contributed by atoms with E-state index in [1.54, 1.807) is 0 Å². The van der Waals surface area contributed by atoms with Crippen LogP contribution in [-0.4, -0.2) is 14.0 Å². The van der Waals surface area contributed by atoms with E-state index in [0.29, 0.717) is 5.39 Å². The van der Waals surface area contributed by atoms with Gasteiger partial charge in [-0.25, -0.2) is 4.98 Å². The van der Waals surface area contributed by atoms with Crippen LogP contribution in [0.1, 0.15) is 0 Å². The van der Waals surface area contributed by atoms with Gasteiger partial charge in [0.2, 0.25) is 0 Å². The van der Waals surface area contributed by atoms with Crippen LogP contribution in [-0.2, 0) is 0 Å². The van der Waals surface area contributed by atoms with Crippen molar-refractivity contribution in [3.63, 3.8) is 0 Å². The SMILES string of the molecule is O=c1c2ccccc2c2c(c3ccccc3c3nc4ccc(-c5cccc(-c6ccccc6)c5)cc4n32)n1-c1ccccc1. The number of aromatic nitrogens is 3. The Morgan fingerprint density at radius 3 is 1.77 bits per heavy atom. The molecule has 3 aromatic heterocycles. The second-order valence-electron chi connectivity index (χ2n) is 11.2. The number of hydrogen-bond acceptors (Lipinski definition) is 2. The van der Waals surface area contributed by atoms with Gasteiger partial charge in [-0.1, -0.05) is 115 Å². The maximum atomic E-state index is 14.3. The largest absolute Gasteiger partial charge is 0.289 e. The standard InChI is InChI=1S/C40H25N3O/c44-40-34-21-10-8-19-32(34)38-37(42(40)30-16-5-2-6-17-30)31-18-7-9-20-33(31)39-41-35-23-22-29(25-36(35)43(38)39)28-15-11-14-27(24-28)26-12-3-1-4-13-26/h1-25H. The van der Waals surface area contributed by atoms with Gasteiger partial charge in [0, 0.05) is 27.2 Å². The number of rotatable bonds is 3. The third-order valence-corrected chi connectivity index (χ3v) is 8.68. The number of nitrogens with zero attached hydrogens (tertiary/aromatic N) is 3. The number of hydrogen-bond donors (Lipinski definition) is 0. The van der Waals surface area contributed by atoms with Crippen molar-refractivity contribution in [3.05, 3.63) is 162 Å². The zero-order valence-corrected chi connectivity index (χ0v) is 23.7. The molecule has 0 amide bonds. The highest BCUT2D eigenvalue weighted by atomic mass is 16.1. The fraction of sp³-hybridized carbons (Fsp3) is 0. The molecule has 9 rings (SSSR count). The summed E-state index contributed by atoms with van der Waals surface area (Å²) in [5.41, 5.74) is 10.0. The molecule has 0 N–H and O–H groups in total. The first-order chi connectivity index (χ1) is 21.8. The van der Waals surface area contributed by atoms with E-state index in [0.717, 1.165) is 60.7 Å². The van der Waals surface area contributed by atoms with E-state index in [9.17, 15) is 4.79 Å². The summed E-state index contributed by atoms with van der Waals surface area (Å²) in [5.74, 6) is 0. The molecule has 0 saturated carbocycles. The first-order valence-corrected chi connectivity index (χ1v) is 14.8. The highest BCUT2D eigenvalue weighted by Gasteiger charge is 2.21. The summed E-state index contributed by atoms with van der Waals surface area (Å²) in [4.78, 5) is 19.5. The van der Waals surface area contributed by atoms with Crippen LogP contribution in [0.25, 0.3) is 77.2 Å². The van der Waals surface area contributed by atoms with Crippen molar-refractivity contribution < 1.29 is 0 Å². The van der Waals surface area contributed by atoms with Crippen molar-refractivity contribution in [3.8, 4) is 27.9 Å². The van der Waals surface area contributed by atoms with Crippen LogP contribution in [0.15, 0.2) is 156 Å². The molecule has 9 aromatic rings. The van der Waals surface area contributed by atoms with Gasteiger partial charge in [0.25, 0.3) is 5.56 Å². The van der Waals surface area contributed by atoms with Gasteiger partial charge in [-0.05, 0) is 58.7 Å². The Morgan fingerprint density at radius 2 is 1.02 bits per heavy atom. The molecule has 0 bridgehead atoms. The summed E-state index contributed by atoms with van der Waals surface area (Å²) in [6.07, 6.45) is 0. The van der Waals surface area contributed by atoms with Gasteiger partial charge in [-0.3, -0.25) is 13.8 Å². The number of benzene rings is 6. The average Bonchev–Trinajstić information content (AvgIpc) is 3.48. The second-order valence-corrected chi connectivity index (χ2v) is 11.2. The minimum atomic E-state index is -0.0355. The molecular weight excluding hydrogens is 538 g/mol. The number of fused-ring (bicyclic) bond motifs is 10. The van der Waals surface area contributed by atoms with Crippen LogP contribution in [0.5, 0.6) is 0 Å². The predicted octanol–water partition coefficient (Wildman–Crippen LogP) is 9.43. The molecule has 0 saturated heterocycles. The van der Waals surface area contributed by atoms with Gasteiger partial charge in [-0.2, -0.15) is 0 Å². The van der Waals surface area contributed by atoms with Crippen molar-refractivity contribution in [2.45, 2.75) is 0 Å². The quantitative estimate of drug-likeness (QED) is 0.201. The Kier molecular flexibility index (Phi) is 5.32. The molecule has 0 radical (unpaired) electrons. The molecule has 6 aromatic carbocycles. The van der Waals surface area contributed by atoms with Crippen LogP contribution in [0.2, 0.25) is 0 Å². The molecule has 0 unspecified atom stereocenters. The Balaban J connectivity index is 1.45.